The van der Waals surface area contributed by atoms with Crippen LogP contribution in [0.5, 0.6) is 0 Å². The summed E-state index contributed by atoms with van der Waals surface area (Å²) in [4.78, 5) is 1.58. The lowest BCUT2D eigenvalue weighted by atomic mass is 9.50. The van der Waals surface area contributed by atoms with Gasteiger partial charge in [-0.15, -0.1) is 11.3 Å². The van der Waals surface area contributed by atoms with Crippen LogP contribution in [-0.2, 0) is 6.42 Å². The first kappa shape index (κ1) is 14.3. The summed E-state index contributed by atoms with van der Waals surface area (Å²) in [6, 6.07) is 5.29. The van der Waals surface area contributed by atoms with E-state index < -0.39 is 0 Å². The third-order valence-electron chi connectivity index (χ3n) is 6.42. The number of hydrogen-bond donors (Lipinski definition) is 1. The van der Waals surface area contributed by atoms with Crippen molar-refractivity contribution in [3.8, 4) is 0 Å². The van der Waals surface area contributed by atoms with Crippen molar-refractivity contribution in [3.63, 3.8) is 0 Å². The molecule has 1 aromatic heterocycles. The molecule has 0 aliphatic heterocycles. The number of hydrogen-bond acceptors (Lipinski definition) is 2. The van der Waals surface area contributed by atoms with Crippen molar-refractivity contribution in [2.24, 2.45) is 29.6 Å². The molecule has 116 valence electrons. The van der Waals surface area contributed by atoms with Crippen LogP contribution in [0, 0.1) is 29.6 Å². The second-order valence-corrected chi connectivity index (χ2v) is 8.88. The highest BCUT2D eigenvalue weighted by atomic mass is 32.1. The van der Waals surface area contributed by atoms with Gasteiger partial charge in [0.05, 0.1) is 0 Å². The van der Waals surface area contributed by atoms with Crippen LogP contribution in [0.2, 0.25) is 0 Å². The van der Waals surface area contributed by atoms with Crippen LogP contribution in [0.25, 0.3) is 0 Å². The molecule has 1 atom stereocenters. The molecule has 4 bridgehead atoms. The maximum Gasteiger partial charge on any atom is 0.0149 e. The summed E-state index contributed by atoms with van der Waals surface area (Å²) >= 11 is 1.95. The van der Waals surface area contributed by atoms with Crippen molar-refractivity contribution in [1.82, 2.24) is 5.32 Å². The molecular formula is C19H29NS. The van der Waals surface area contributed by atoms with Gasteiger partial charge < -0.3 is 5.32 Å². The Morgan fingerprint density at radius 2 is 1.86 bits per heavy atom. The molecule has 1 nitrogen and oxygen atoms in total. The highest BCUT2D eigenvalue weighted by Gasteiger charge is 2.50. The summed E-state index contributed by atoms with van der Waals surface area (Å²) in [5.41, 5.74) is 0. The van der Waals surface area contributed by atoms with Crippen molar-refractivity contribution >= 4 is 11.3 Å². The van der Waals surface area contributed by atoms with Crippen molar-refractivity contribution in [3.05, 3.63) is 22.4 Å². The lowest BCUT2D eigenvalue weighted by molar-refractivity contribution is -0.0515. The summed E-state index contributed by atoms with van der Waals surface area (Å²) in [7, 11) is 0. The first-order valence-electron chi connectivity index (χ1n) is 9.09. The lowest BCUT2D eigenvalue weighted by Crippen LogP contribution is -2.53. The van der Waals surface area contributed by atoms with Crippen LogP contribution in [0.1, 0.15) is 50.3 Å². The van der Waals surface area contributed by atoms with Crippen LogP contribution in [0.3, 0.4) is 0 Å². The molecule has 0 saturated heterocycles. The Bertz CT molecular complexity index is 424. The molecule has 4 aliphatic rings. The van der Waals surface area contributed by atoms with Gasteiger partial charge in [-0.2, -0.15) is 0 Å². The Morgan fingerprint density at radius 1 is 1.14 bits per heavy atom. The van der Waals surface area contributed by atoms with Gasteiger partial charge in [0.25, 0.3) is 0 Å². The minimum absolute atomic E-state index is 0.735. The summed E-state index contributed by atoms with van der Waals surface area (Å²) in [6.45, 7) is 3.49. The molecule has 0 amide bonds. The Labute approximate surface area is 133 Å². The molecule has 4 aliphatic carbocycles. The number of thiophene rings is 1. The summed E-state index contributed by atoms with van der Waals surface area (Å²) in [5.74, 6) is 5.23. The van der Waals surface area contributed by atoms with E-state index in [1.807, 2.05) is 11.3 Å². The fourth-order valence-corrected chi connectivity index (χ4v) is 6.71. The van der Waals surface area contributed by atoms with Crippen LogP contribution < -0.4 is 5.32 Å². The van der Waals surface area contributed by atoms with Gasteiger partial charge in [0.15, 0.2) is 0 Å². The maximum absolute atomic E-state index is 3.94. The second-order valence-electron chi connectivity index (χ2n) is 7.85. The van der Waals surface area contributed by atoms with Gasteiger partial charge in [-0.05, 0) is 92.5 Å². The van der Waals surface area contributed by atoms with Crippen LogP contribution in [0.4, 0.5) is 0 Å². The van der Waals surface area contributed by atoms with Crippen LogP contribution >= 0.6 is 11.3 Å². The minimum atomic E-state index is 0.735. The zero-order valence-corrected chi connectivity index (χ0v) is 14.1. The number of nitrogens with one attached hydrogen (secondary N) is 1. The molecular weight excluding hydrogens is 274 g/mol. The molecule has 0 radical (unpaired) electrons. The van der Waals surface area contributed by atoms with E-state index in [9.17, 15) is 0 Å². The van der Waals surface area contributed by atoms with E-state index in [1.54, 1.807) is 37.0 Å². The van der Waals surface area contributed by atoms with Gasteiger partial charge in [-0.1, -0.05) is 13.0 Å². The molecule has 5 rings (SSSR count). The van der Waals surface area contributed by atoms with Gasteiger partial charge in [-0.25, -0.2) is 0 Å². The molecule has 21 heavy (non-hydrogen) atoms. The van der Waals surface area contributed by atoms with E-state index in [4.69, 9.17) is 0 Å². The molecule has 4 fully saturated rings. The average molecular weight is 304 g/mol. The van der Waals surface area contributed by atoms with Gasteiger partial charge >= 0.3 is 0 Å². The van der Waals surface area contributed by atoms with Crippen molar-refractivity contribution in [2.75, 3.05) is 6.54 Å². The Kier molecular flexibility index (Phi) is 4.10. The zero-order valence-electron chi connectivity index (χ0n) is 13.3. The quantitative estimate of drug-likeness (QED) is 0.801. The Morgan fingerprint density at radius 3 is 2.43 bits per heavy atom. The smallest absolute Gasteiger partial charge is 0.0149 e. The predicted octanol–water partition coefficient (Wildman–Crippen LogP) is 4.73. The maximum atomic E-state index is 3.94. The third kappa shape index (κ3) is 2.82. The topological polar surface area (TPSA) is 12.0 Å². The minimum Gasteiger partial charge on any atom is -0.313 e. The van der Waals surface area contributed by atoms with E-state index >= 15 is 0 Å². The molecule has 1 unspecified atom stereocenters. The van der Waals surface area contributed by atoms with Crippen molar-refractivity contribution < 1.29 is 0 Å². The summed E-state index contributed by atoms with van der Waals surface area (Å²) in [6.07, 6.45) is 10.3. The first-order chi connectivity index (χ1) is 10.3. The third-order valence-corrected chi connectivity index (χ3v) is 7.32. The second kappa shape index (κ2) is 6.04. The predicted molar refractivity (Wildman–Crippen MR) is 90.6 cm³/mol. The molecule has 4 saturated carbocycles. The Hall–Kier alpha value is -0.340. The molecule has 1 heterocycles. The molecule has 0 aromatic carbocycles. The summed E-state index contributed by atoms with van der Waals surface area (Å²) < 4.78 is 0. The molecule has 1 aromatic rings. The molecule has 1 N–H and O–H groups in total. The van der Waals surface area contributed by atoms with Crippen molar-refractivity contribution in [2.45, 2.75) is 57.9 Å². The van der Waals surface area contributed by atoms with Crippen LogP contribution in [0.15, 0.2) is 17.5 Å². The van der Waals surface area contributed by atoms with Gasteiger partial charge in [-0.3, -0.25) is 0 Å². The average Bonchev–Trinajstić information content (AvgIpc) is 2.96. The lowest BCUT2D eigenvalue weighted by Gasteiger charge is -2.56. The highest BCUT2D eigenvalue weighted by molar-refractivity contribution is 7.09. The molecule has 2 heteroatoms. The SMILES string of the molecule is CCCNC(Cc1cccs1)C1C2CC3CC(C2)CC1C3. The largest absolute Gasteiger partial charge is 0.313 e. The highest BCUT2D eigenvalue weighted by Crippen LogP contribution is 2.57. The molecule has 0 spiro atoms. The van der Waals surface area contributed by atoms with Gasteiger partial charge in [0.1, 0.15) is 0 Å². The first-order valence-corrected chi connectivity index (χ1v) is 9.97. The number of rotatable bonds is 6. The van der Waals surface area contributed by atoms with Gasteiger partial charge in [0.2, 0.25) is 0 Å². The summed E-state index contributed by atoms with van der Waals surface area (Å²) in [5, 5.41) is 6.18. The van der Waals surface area contributed by atoms with Crippen LogP contribution in [-0.4, -0.2) is 12.6 Å². The van der Waals surface area contributed by atoms with Gasteiger partial charge in [0, 0.05) is 10.9 Å². The van der Waals surface area contributed by atoms with E-state index in [2.05, 4.69) is 29.8 Å². The fourth-order valence-electron chi connectivity index (χ4n) is 5.94. The monoisotopic (exact) mass is 303 g/mol. The van der Waals surface area contributed by atoms with Crippen molar-refractivity contribution in [1.29, 1.82) is 0 Å². The zero-order chi connectivity index (χ0) is 14.2. The Balaban J connectivity index is 1.52. The van der Waals surface area contributed by atoms with E-state index in [1.165, 1.54) is 19.4 Å². The van der Waals surface area contributed by atoms with E-state index in [0.29, 0.717) is 0 Å². The fraction of sp³-hybridized carbons (Fsp3) is 0.789. The van der Waals surface area contributed by atoms with E-state index in [0.717, 1.165) is 35.6 Å². The standard InChI is InChI=1S/C19H29NS/c1-2-5-20-18(12-17-4-3-6-21-17)19-15-8-13-7-14(10-15)11-16(19)9-13/h3-4,6,13-16,18-20H,2,5,7-12H2,1H3. The van der Waals surface area contributed by atoms with E-state index in [-0.39, 0.29) is 0 Å². The normalized spacial score (nSPS) is 38.8.